The minimum absolute atomic E-state index is 0.0262. The molecule has 1 aromatic carbocycles. The molecule has 34 heavy (non-hydrogen) atoms. The number of anilines is 2. The predicted molar refractivity (Wildman–Crippen MR) is 123 cm³/mol. The standard InChI is InChI=1S/C22H21ClFN3O6S/c1-2-19(28)27(21(30)17-5-6-18(23)34-17)11-14-10-26(22(31)33-14)16-4-3-13(9-15(16)24)25-7-8-32-12-20(25)29/h3-6,9,14H,2,7-8,10-12H2,1H3/t14-/m1/s1. The average molecular weight is 510 g/mol. The zero-order chi connectivity index (χ0) is 24.4. The molecule has 0 N–H and O–H groups in total. The van der Waals surface area contributed by atoms with Crippen molar-refractivity contribution in [1.82, 2.24) is 4.90 Å². The summed E-state index contributed by atoms with van der Waals surface area (Å²) in [6.45, 7) is 1.96. The van der Waals surface area contributed by atoms with Gasteiger partial charge in [-0.05, 0) is 30.3 Å². The minimum Gasteiger partial charge on any atom is -0.442 e. The van der Waals surface area contributed by atoms with Crippen LogP contribution in [0.25, 0.3) is 0 Å². The van der Waals surface area contributed by atoms with Gasteiger partial charge in [0.25, 0.3) is 11.8 Å². The number of carbonyl (C=O) groups excluding carboxylic acids is 4. The number of hydrogen-bond acceptors (Lipinski definition) is 7. The van der Waals surface area contributed by atoms with Gasteiger partial charge in [-0.3, -0.25) is 24.2 Å². The normalized spacial score (nSPS) is 18.3. The van der Waals surface area contributed by atoms with Crippen molar-refractivity contribution < 1.29 is 33.0 Å². The molecular weight excluding hydrogens is 489 g/mol. The second kappa shape index (κ2) is 10.1. The van der Waals surface area contributed by atoms with Crippen molar-refractivity contribution in [3.8, 4) is 0 Å². The lowest BCUT2D eigenvalue weighted by Crippen LogP contribution is -2.42. The zero-order valence-electron chi connectivity index (χ0n) is 18.2. The van der Waals surface area contributed by atoms with E-state index in [2.05, 4.69) is 0 Å². The molecule has 9 nitrogen and oxygen atoms in total. The van der Waals surface area contributed by atoms with Gasteiger partial charge in [0, 0.05) is 18.7 Å². The molecule has 0 bridgehead atoms. The van der Waals surface area contributed by atoms with Crippen molar-refractivity contribution in [2.45, 2.75) is 19.4 Å². The number of amides is 4. The first-order valence-corrected chi connectivity index (χ1v) is 11.7. The summed E-state index contributed by atoms with van der Waals surface area (Å²) in [6, 6.07) is 7.19. The molecule has 0 aliphatic carbocycles. The molecule has 2 aliphatic rings. The quantitative estimate of drug-likeness (QED) is 0.593. The molecule has 0 radical (unpaired) electrons. The van der Waals surface area contributed by atoms with E-state index in [1.54, 1.807) is 19.1 Å². The molecule has 0 unspecified atom stereocenters. The fourth-order valence-corrected chi connectivity index (χ4v) is 4.73. The average Bonchev–Trinajstić information content (AvgIpc) is 3.42. The molecule has 180 valence electrons. The van der Waals surface area contributed by atoms with Crippen LogP contribution >= 0.6 is 22.9 Å². The molecule has 0 spiro atoms. The summed E-state index contributed by atoms with van der Waals surface area (Å²) in [7, 11) is 0. The van der Waals surface area contributed by atoms with E-state index in [4.69, 9.17) is 21.1 Å². The van der Waals surface area contributed by atoms with Crippen LogP contribution in [0.5, 0.6) is 0 Å². The fourth-order valence-electron chi connectivity index (χ4n) is 3.74. The smallest absolute Gasteiger partial charge is 0.414 e. The van der Waals surface area contributed by atoms with Crippen molar-refractivity contribution in [2.24, 2.45) is 0 Å². The van der Waals surface area contributed by atoms with Gasteiger partial charge in [0.1, 0.15) is 18.5 Å². The Morgan fingerprint density at radius 2 is 2.03 bits per heavy atom. The van der Waals surface area contributed by atoms with Crippen LogP contribution in [0, 0.1) is 5.82 Å². The second-order valence-electron chi connectivity index (χ2n) is 7.62. The van der Waals surface area contributed by atoms with Gasteiger partial charge in [-0.25, -0.2) is 9.18 Å². The van der Waals surface area contributed by atoms with E-state index >= 15 is 0 Å². The third kappa shape index (κ3) is 4.91. The molecule has 12 heteroatoms. The molecule has 1 atom stereocenters. The Morgan fingerprint density at radius 3 is 2.68 bits per heavy atom. The third-order valence-electron chi connectivity index (χ3n) is 5.41. The highest BCUT2D eigenvalue weighted by Crippen LogP contribution is 2.30. The van der Waals surface area contributed by atoms with Gasteiger partial charge in [-0.15, -0.1) is 11.3 Å². The lowest BCUT2D eigenvalue weighted by molar-refractivity contribution is -0.129. The van der Waals surface area contributed by atoms with Gasteiger partial charge >= 0.3 is 6.09 Å². The molecule has 2 aliphatic heterocycles. The van der Waals surface area contributed by atoms with Crippen LogP contribution in [0.3, 0.4) is 0 Å². The summed E-state index contributed by atoms with van der Waals surface area (Å²) in [5.74, 6) is -1.96. The first-order chi connectivity index (χ1) is 16.3. The highest BCUT2D eigenvalue weighted by atomic mass is 35.5. The number of ether oxygens (including phenoxy) is 2. The van der Waals surface area contributed by atoms with Gasteiger partial charge in [0.15, 0.2) is 0 Å². The van der Waals surface area contributed by atoms with Gasteiger partial charge < -0.3 is 14.4 Å². The van der Waals surface area contributed by atoms with E-state index in [0.717, 1.165) is 21.1 Å². The molecule has 2 saturated heterocycles. The number of cyclic esters (lactones) is 1. The van der Waals surface area contributed by atoms with Crippen molar-refractivity contribution in [1.29, 1.82) is 0 Å². The number of carbonyl (C=O) groups is 4. The molecule has 2 aromatic rings. The van der Waals surface area contributed by atoms with Gasteiger partial charge in [-0.1, -0.05) is 18.5 Å². The van der Waals surface area contributed by atoms with E-state index in [9.17, 15) is 23.6 Å². The summed E-state index contributed by atoms with van der Waals surface area (Å²) >= 11 is 6.95. The van der Waals surface area contributed by atoms with E-state index in [1.165, 1.54) is 23.1 Å². The van der Waals surface area contributed by atoms with Crippen molar-refractivity contribution in [3.63, 3.8) is 0 Å². The van der Waals surface area contributed by atoms with E-state index in [-0.39, 0.29) is 42.6 Å². The van der Waals surface area contributed by atoms with Crippen LogP contribution in [0.1, 0.15) is 23.0 Å². The van der Waals surface area contributed by atoms with Crippen molar-refractivity contribution in [3.05, 3.63) is 45.4 Å². The Balaban J connectivity index is 1.49. The van der Waals surface area contributed by atoms with Gasteiger partial charge in [-0.2, -0.15) is 0 Å². The predicted octanol–water partition coefficient (Wildman–Crippen LogP) is 3.31. The molecule has 1 aromatic heterocycles. The topological polar surface area (TPSA) is 96.5 Å². The summed E-state index contributed by atoms with van der Waals surface area (Å²) < 4.78 is 25.8. The van der Waals surface area contributed by atoms with E-state index < -0.39 is 29.8 Å². The number of thiophene rings is 1. The fraction of sp³-hybridized carbons (Fsp3) is 0.364. The number of morpholine rings is 1. The molecule has 2 fully saturated rings. The monoisotopic (exact) mass is 509 g/mol. The maximum atomic E-state index is 14.9. The lowest BCUT2D eigenvalue weighted by atomic mass is 10.2. The zero-order valence-corrected chi connectivity index (χ0v) is 19.7. The van der Waals surface area contributed by atoms with Crippen LogP contribution in [-0.2, 0) is 19.1 Å². The minimum atomic E-state index is -0.845. The number of benzene rings is 1. The second-order valence-corrected chi connectivity index (χ2v) is 9.33. The highest BCUT2D eigenvalue weighted by molar-refractivity contribution is 7.18. The Labute approximate surface area is 203 Å². The maximum Gasteiger partial charge on any atom is 0.414 e. The number of nitrogens with zero attached hydrogens (tertiary/aromatic N) is 3. The number of hydrogen-bond donors (Lipinski definition) is 0. The highest BCUT2D eigenvalue weighted by Gasteiger charge is 2.37. The number of halogens is 2. The van der Waals surface area contributed by atoms with Crippen LogP contribution in [0.4, 0.5) is 20.6 Å². The number of rotatable bonds is 6. The first-order valence-electron chi connectivity index (χ1n) is 10.5. The molecule has 0 saturated carbocycles. The first kappa shape index (κ1) is 24.1. The molecular formula is C22H21ClFN3O6S. The molecule has 4 rings (SSSR count). The number of imide groups is 1. The lowest BCUT2D eigenvalue weighted by Gasteiger charge is -2.27. The Bertz CT molecular complexity index is 1140. The summed E-state index contributed by atoms with van der Waals surface area (Å²) in [4.78, 5) is 53.6. The van der Waals surface area contributed by atoms with Gasteiger partial charge in [0.05, 0.1) is 34.6 Å². The van der Waals surface area contributed by atoms with Crippen molar-refractivity contribution in [2.75, 3.05) is 42.6 Å². The molecule has 4 amide bonds. The van der Waals surface area contributed by atoms with Crippen LogP contribution < -0.4 is 9.80 Å². The van der Waals surface area contributed by atoms with Crippen LogP contribution in [-0.4, -0.2) is 67.7 Å². The van der Waals surface area contributed by atoms with E-state index in [1.807, 2.05) is 0 Å². The van der Waals surface area contributed by atoms with Crippen LogP contribution in [0.2, 0.25) is 4.34 Å². The Hall–Kier alpha value is -3.02. The summed E-state index contributed by atoms with van der Waals surface area (Å²) in [5.41, 5.74) is 0.334. The SMILES string of the molecule is CCC(=O)N(C[C@H]1CN(c2ccc(N3CCOCC3=O)cc2F)C(=O)O1)C(=O)c1ccc(Cl)s1. The van der Waals surface area contributed by atoms with Gasteiger partial charge in [0.2, 0.25) is 5.91 Å². The summed E-state index contributed by atoms with van der Waals surface area (Å²) in [6.07, 6.45) is -1.57. The van der Waals surface area contributed by atoms with Crippen LogP contribution in [0.15, 0.2) is 30.3 Å². The summed E-state index contributed by atoms with van der Waals surface area (Å²) in [5, 5.41) is 0. The third-order valence-corrected chi connectivity index (χ3v) is 6.63. The Kier molecular flexibility index (Phi) is 7.15. The van der Waals surface area contributed by atoms with Crippen molar-refractivity contribution >= 4 is 58.1 Å². The largest absolute Gasteiger partial charge is 0.442 e. The molecule has 3 heterocycles. The van der Waals surface area contributed by atoms with E-state index in [0.29, 0.717) is 23.2 Å². The Morgan fingerprint density at radius 1 is 1.24 bits per heavy atom. The maximum absolute atomic E-state index is 14.9.